The summed E-state index contributed by atoms with van der Waals surface area (Å²) >= 11 is 0. The van der Waals surface area contributed by atoms with Crippen LogP contribution < -0.4 is 10.7 Å². The Labute approximate surface area is 128 Å². The zero-order valence-corrected chi connectivity index (χ0v) is 12.6. The summed E-state index contributed by atoms with van der Waals surface area (Å²) in [4.78, 5) is 23.4. The standard InChI is InChI=1S/C16H17N3O3/c1-10-4-6-13(8-11(10)2)18-15(20)16(21)19-17-9-14-7-5-12(3)22-14/h4-9H,1-3H3,(H,18,20)(H,19,21)/b17-9+. The number of nitrogens with one attached hydrogen (secondary N) is 2. The van der Waals surface area contributed by atoms with Crippen molar-refractivity contribution in [2.24, 2.45) is 5.10 Å². The zero-order valence-electron chi connectivity index (χ0n) is 12.6. The molecule has 2 amide bonds. The van der Waals surface area contributed by atoms with E-state index >= 15 is 0 Å². The van der Waals surface area contributed by atoms with E-state index in [0.717, 1.165) is 16.9 Å². The predicted octanol–water partition coefficient (Wildman–Crippen LogP) is 2.29. The van der Waals surface area contributed by atoms with E-state index in [1.165, 1.54) is 6.21 Å². The Hall–Kier alpha value is -2.89. The Bertz CT molecular complexity index is 732. The van der Waals surface area contributed by atoms with Crippen molar-refractivity contribution in [3.05, 3.63) is 53.0 Å². The summed E-state index contributed by atoms with van der Waals surface area (Å²) in [5, 5.41) is 6.18. The van der Waals surface area contributed by atoms with Gasteiger partial charge in [0, 0.05) is 5.69 Å². The van der Waals surface area contributed by atoms with Crippen molar-refractivity contribution in [3.63, 3.8) is 0 Å². The van der Waals surface area contributed by atoms with Gasteiger partial charge in [-0.2, -0.15) is 5.10 Å². The van der Waals surface area contributed by atoms with Crippen LogP contribution in [0.2, 0.25) is 0 Å². The lowest BCUT2D eigenvalue weighted by Crippen LogP contribution is -2.32. The molecule has 0 aliphatic heterocycles. The van der Waals surface area contributed by atoms with E-state index in [0.29, 0.717) is 11.4 Å². The topological polar surface area (TPSA) is 83.7 Å². The van der Waals surface area contributed by atoms with Crippen molar-refractivity contribution in [3.8, 4) is 0 Å². The van der Waals surface area contributed by atoms with Crippen LogP contribution >= 0.6 is 0 Å². The number of hydrazone groups is 1. The summed E-state index contributed by atoms with van der Waals surface area (Å²) in [6, 6.07) is 8.90. The molecule has 0 aliphatic rings. The number of amides is 2. The minimum Gasteiger partial charge on any atom is -0.460 e. The van der Waals surface area contributed by atoms with E-state index in [-0.39, 0.29) is 0 Å². The molecule has 2 rings (SSSR count). The van der Waals surface area contributed by atoms with Crippen molar-refractivity contribution in [2.45, 2.75) is 20.8 Å². The fourth-order valence-corrected chi connectivity index (χ4v) is 1.74. The van der Waals surface area contributed by atoms with Gasteiger partial charge < -0.3 is 9.73 Å². The van der Waals surface area contributed by atoms with Crippen LogP contribution in [-0.2, 0) is 9.59 Å². The van der Waals surface area contributed by atoms with Crippen molar-refractivity contribution in [1.82, 2.24) is 5.43 Å². The molecule has 0 fully saturated rings. The van der Waals surface area contributed by atoms with Crippen LogP contribution in [0.15, 0.2) is 39.9 Å². The van der Waals surface area contributed by atoms with Gasteiger partial charge in [0.05, 0.1) is 6.21 Å². The first-order chi connectivity index (χ1) is 10.5. The normalized spacial score (nSPS) is 10.7. The maximum absolute atomic E-state index is 11.7. The quantitative estimate of drug-likeness (QED) is 0.518. The average Bonchev–Trinajstić information content (AvgIpc) is 2.88. The Morgan fingerprint density at radius 3 is 2.45 bits per heavy atom. The minimum absolute atomic E-state index is 0.493. The van der Waals surface area contributed by atoms with Crippen molar-refractivity contribution >= 4 is 23.7 Å². The van der Waals surface area contributed by atoms with Crippen molar-refractivity contribution in [2.75, 3.05) is 5.32 Å². The summed E-state index contributed by atoms with van der Waals surface area (Å²) in [5.41, 5.74) is 4.85. The molecule has 1 aromatic carbocycles. The van der Waals surface area contributed by atoms with Crippen LogP contribution in [0.1, 0.15) is 22.6 Å². The van der Waals surface area contributed by atoms with Crippen LogP contribution in [0.5, 0.6) is 0 Å². The number of furan rings is 1. The van der Waals surface area contributed by atoms with Gasteiger partial charge in [-0.1, -0.05) is 6.07 Å². The molecular formula is C16H17N3O3. The molecule has 0 saturated carbocycles. The van der Waals surface area contributed by atoms with Gasteiger partial charge >= 0.3 is 11.8 Å². The first kappa shape index (κ1) is 15.5. The largest absolute Gasteiger partial charge is 0.460 e. The molecular weight excluding hydrogens is 282 g/mol. The van der Waals surface area contributed by atoms with E-state index < -0.39 is 11.8 Å². The van der Waals surface area contributed by atoms with Gasteiger partial charge in [-0.05, 0) is 56.2 Å². The van der Waals surface area contributed by atoms with Crippen LogP contribution in [0, 0.1) is 20.8 Å². The highest BCUT2D eigenvalue weighted by Gasteiger charge is 2.13. The molecule has 6 nitrogen and oxygen atoms in total. The van der Waals surface area contributed by atoms with E-state index in [4.69, 9.17) is 4.42 Å². The summed E-state index contributed by atoms with van der Waals surface area (Å²) in [7, 11) is 0. The summed E-state index contributed by atoms with van der Waals surface area (Å²) < 4.78 is 5.24. The van der Waals surface area contributed by atoms with Gasteiger partial charge in [0.25, 0.3) is 0 Å². The molecule has 0 spiro atoms. The van der Waals surface area contributed by atoms with Gasteiger partial charge in [-0.25, -0.2) is 5.43 Å². The smallest absolute Gasteiger partial charge is 0.329 e. The van der Waals surface area contributed by atoms with Gasteiger partial charge in [0.15, 0.2) is 0 Å². The minimum atomic E-state index is -0.849. The fraction of sp³-hybridized carbons (Fsp3) is 0.188. The monoisotopic (exact) mass is 299 g/mol. The van der Waals surface area contributed by atoms with E-state index in [1.54, 1.807) is 31.2 Å². The third-order valence-corrected chi connectivity index (χ3v) is 3.09. The number of rotatable bonds is 3. The average molecular weight is 299 g/mol. The highest BCUT2D eigenvalue weighted by molar-refractivity contribution is 6.39. The maximum atomic E-state index is 11.7. The number of carbonyl (C=O) groups is 2. The second kappa shape index (κ2) is 6.71. The molecule has 6 heteroatoms. The number of hydrogen-bond acceptors (Lipinski definition) is 4. The number of nitrogens with zero attached hydrogens (tertiary/aromatic N) is 1. The number of aryl methyl sites for hydroxylation is 3. The second-order valence-electron chi connectivity index (χ2n) is 4.90. The van der Waals surface area contributed by atoms with Gasteiger partial charge in [-0.15, -0.1) is 0 Å². The molecule has 22 heavy (non-hydrogen) atoms. The number of benzene rings is 1. The van der Waals surface area contributed by atoms with Gasteiger partial charge in [0.2, 0.25) is 0 Å². The van der Waals surface area contributed by atoms with E-state index in [2.05, 4.69) is 15.8 Å². The fourth-order valence-electron chi connectivity index (χ4n) is 1.74. The Balaban J connectivity index is 1.90. The molecule has 0 aliphatic carbocycles. The van der Waals surface area contributed by atoms with Crippen LogP contribution in [0.3, 0.4) is 0 Å². The molecule has 0 saturated heterocycles. The second-order valence-corrected chi connectivity index (χ2v) is 4.90. The first-order valence-corrected chi connectivity index (χ1v) is 6.74. The van der Waals surface area contributed by atoms with Crippen LogP contribution in [0.4, 0.5) is 5.69 Å². The molecule has 1 heterocycles. The lowest BCUT2D eigenvalue weighted by molar-refractivity contribution is -0.136. The van der Waals surface area contributed by atoms with E-state index in [1.807, 2.05) is 19.9 Å². The Kier molecular flexibility index (Phi) is 4.73. The Morgan fingerprint density at radius 1 is 1.05 bits per heavy atom. The summed E-state index contributed by atoms with van der Waals surface area (Å²) in [5.74, 6) is -0.401. The first-order valence-electron chi connectivity index (χ1n) is 6.74. The number of anilines is 1. The number of carbonyl (C=O) groups excluding carboxylic acids is 2. The third-order valence-electron chi connectivity index (χ3n) is 3.09. The Morgan fingerprint density at radius 2 is 1.82 bits per heavy atom. The molecule has 0 radical (unpaired) electrons. The van der Waals surface area contributed by atoms with Gasteiger partial charge in [0.1, 0.15) is 11.5 Å². The molecule has 2 aromatic rings. The molecule has 0 bridgehead atoms. The molecule has 114 valence electrons. The van der Waals surface area contributed by atoms with Crippen LogP contribution in [-0.4, -0.2) is 18.0 Å². The molecule has 0 unspecified atom stereocenters. The van der Waals surface area contributed by atoms with Crippen LogP contribution in [0.25, 0.3) is 0 Å². The lowest BCUT2D eigenvalue weighted by Gasteiger charge is -2.06. The maximum Gasteiger partial charge on any atom is 0.329 e. The molecule has 0 atom stereocenters. The molecule has 2 N–H and O–H groups in total. The van der Waals surface area contributed by atoms with Crippen molar-refractivity contribution in [1.29, 1.82) is 0 Å². The molecule has 1 aromatic heterocycles. The zero-order chi connectivity index (χ0) is 16.1. The van der Waals surface area contributed by atoms with E-state index in [9.17, 15) is 9.59 Å². The highest BCUT2D eigenvalue weighted by Crippen LogP contribution is 2.13. The van der Waals surface area contributed by atoms with Gasteiger partial charge in [-0.3, -0.25) is 9.59 Å². The highest BCUT2D eigenvalue weighted by atomic mass is 16.3. The van der Waals surface area contributed by atoms with Crippen molar-refractivity contribution < 1.29 is 14.0 Å². The lowest BCUT2D eigenvalue weighted by atomic mass is 10.1. The predicted molar refractivity (Wildman–Crippen MR) is 83.7 cm³/mol. The third kappa shape index (κ3) is 4.05. The summed E-state index contributed by atoms with van der Waals surface area (Å²) in [6.07, 6.45) is 1.33. The summed E-state index contributed by atoms with van der Waals surface area (Å²) in [6.45, 7) is 5.70. The SMILES string of the molecule is Cc1ccc(/C=N/NC(=O)C(=O)Nc2ccc(C)c(C)c2)o1. The number of hydrogen-bond donors (Lipinski definition) is 2.